The van der Waals surface area contributed by atoms with Gasteiger partial charge in [0.2, 0.25) is 6.79 Å². The molecule has 1 atom stereocenters. The summed E-state index contributed by atoms with van der Waals surface area (Å²) in [6.45, 7) is 3.83. The molecule has 1 aromatic carbocycles. The van der Waals surface area contributed by atoms with Crippen molar-refractivity contribution in [3.63, 3.8) is 0 Å². The van der Waals surface area contributed by atoms with Gasteiger partial charge in [-0.1, -0.05) is 25.4 Å². The van der Waals surface area contributed by atoms with Crippen molar-refractivity contribution in [3.8, 4) is 11.5 Å². The molecule has 0 aromatic heterocycles. The van der Waals surface area contributed by atoms with Crippen LogP contribution < -0.4 is 9.47 Å². The number of carboxylic acids is 1. The molecule has 98 valence electrons. The lowest BCUT2D eigenvalue weighted by Gasteiger charge is -2.14. The first-order chi connectivity index (χ1) is 8.54. The molecule has 0 radical (unpaired) electrons. The summed E-state index contributed by atoms with van der Waals surface area (Å²) in [7, 11) is 0. The first kappa shape index (κ1) is 13.0. The number of carboxylic acid groups (broad SMARTS) is 1. The second-order valence-corrected chi connectivity index (χ2v) is 4.74. The fourth-order valence-corrected chi connectivity index (χ4v) is 2.47. The third-order valence-electron chi connectivity index (χ3n) is 3.10. The zero-order chi connectivity index (χ0) is 13.3. The molecule has 0 saturated heterocycles. The van der Waals surface area contributed by atoms with Crippen LogP contribution in [-0.2, 0) is 17.6 Å². The molecule has 18 heavy (non-hydrogen) atoms. The van der Waals surface area contributed by atoms with Gasteiger partial charge < -0.3 is 14.6 Å². The van der Waals surface area contributed by atoms with E-state index in [0.29, 0.717) is 22.9 Å². The van der Waals surface area contributed by atoms with E-state index in [-0.39, 0.29) is 6.79 Å². The summed E-state index contributed by atoms with van der Waals surface area (Å²) in [5.74, 6) is -0.0948. The summed E-state index contributed by atoms with van der Waals surface area (Å²) in [6.07, 6.45) is 1.17. The summed E-state index contributed by atoms with van der Waals surface area (Å²) in [4.78, 5) is 10.9. The number of fused-ring (bicyclic) bond motifs is 1. The summed E-state index contributed by atoms with van der Waals surface area (Å²) in [5, 5.41) is 9.52. The Morgan fingerprint density at radius 1 is 1.56 bits per heavy atom. The molecule has 5 heteroatoms. The molecule has 1 unspecified atom stereocenters. The standard InChI is InChI=1S/C13H15ClO4/c1-3-9-8(4-7(2)13(15)16)5-10-12(11(9)14)18-6-17-10/h5,7H,3-4,6H2,1-2H3,(H,15,16). The number of aliphatic carboxylic acids is 1. The molecular formula is C13H15ClO4. The largest absolute Gasteiger partial charge is 0.481 e. The SMILES string of the molecule is CCc1c(CC(C)C(=O)O)cc2c(c1Cl)OCO2. The molecule has 1 aliphatic rings. The molecule has 0 aliphatic carbocycles. The molecule has 0 fully saturated rings. The van der Waals surface area contributed by atoms with Gasteiger partial charge in [0, 0.05) is 0 Å². The zero-order valence-corrected chi connectivity index (χ0v) is 11.1. The van der Waals surface area contributed by atoms with Crippen LogP contribution in [0.3, 0.4) is 0 Å². The van der Waals surface area contributed by atoms with Gasteiger partial charge in [-0.25, -0.2) is 0 Å². The number of carbonyl (C=O) groups is 1. The lowest BCUT2D eigenvalue weighted by molar-refractivity contribution is -0.141. The van der Waals surface area contributed by atoms with Crippen molar-refractivity contribution in [1.29, 1.82) is 0 Å². The van der Waals surface area contributed by atoms with Gasteiger partial charge in [-0.3, -0.25) is 4.79 Å². The monoisotopic (exact) mass is 270 g/mol. The van der Waals surface area contributed by atoms with Crippen LogP contribution in [0.25, 0.3) is 0 Å². The van der Waals surface area contributed by atoms with Gasteiger partial charge in [-0.05, 0) is 30.0 Å². The average Bonchev–Trinajstić information content (AvgIpc) is 2.77. The molecule has 2 rings (SSSR count). The first-order valence-corrected chi connectivity index (χ1v) is 6.25. The maximum Gasteiger partial charge on any atom is 0.306 e. The molecule has 1 aromatic rings. The van der Waals surface area contributed by atoms with E-state index in [1.807, 2.05) is 13.0 Å². The Hall–Kier alpha value is -1.42. The van der Waals surface area contributed by atoms with E-state index in [2.05, 4.69) is 0 Å². The van der Waals surface area contributed by atoms with Gasteiger partial charge in [-0.15, -0.1) is 0 Å². The lowest BCUT2D eigenvalue weighted by Crippen LogP contribution is -2.13. The van der Waals surface area contributed by atoms with Crippen LogP contribution in [0.2, 0.25) is 5.02 Å². The molecule has 0 amide bonds. The minimum absolute atomic E-state index is 0.163. The zero-order valence-electron chi connectivity index (χ0n) is 10.3. The van der Waals surface area contributed by atoms with Crippen molar-refractivity contribution in [2.45, 2.75) is 26.7 Å². The minimum atomic E-state index is -0.814. The van der Waals surface area contributed by atoms with Gasteiger partial charge in [0.25, 0.3) is 0 Å². The summed E-state index contributed by atoms with van der Waals surface area (Å²) in [5.41, 5.74) is 1.86. The number of benzene rings is 1. The number of ether oxygens (including phenoxy) is 2. The fraction of sp³-hybridized carbons (Fsp3) is 0.462. The smallest absolute Gasteiger partial charge is 0.306 e. The van der Waals surface area contributed by atoms with Crippen LogP contribution >= 0.6 is 11.6 Å². The van der Waals surface area contributed by atoms with E-state index in [9.17, 15) is 4.79 Å². The molecule has 1 aliphatic heterocycles. The Balaban J connectivity index is 2.40. The van der Waals surface area contributed by atoms with Crippen LogP contribution in [0.5, 0.6) is 11.5 Å². The Bertz CT molecular complexity index is 484. The first-order valence-electron chi connectivity index (χ1n) is 5.87. The van der Waals surface area contributed by atoms with E-state index >= 15 is 0 Å². The minimum Gasteiger partial charge on any atom is -0.481 e. The third-order valence-corrected chi connectivity index (χ3v) is 3.50. The van der Waals surface area contributed by atoms with E-state index in [0.717, 1.165) is 17.5 Å². The lowest BCUT2D eigenvalue weighted by atomic mass is 9.95. The Morgan fingerprint density at radius 3 is 2.89 bits per heavy atom. The Kier molecular flexibility index (Phi) is 3.66. The van der Waals surface area contributed by atoms with Crippen LogP contribution in [-0.4, -0.2) is 17.9 Å². The van der Waals surface area contributed by atoms with E-state index < -0.39 is 11.9 Å². The fourth-order valence-electron chi connectivity index (χ4n) is 2.07. The Labute approximate surface area is 110 Å². The van der Waals surface area contributed by atoms with E-state index in [1.165, 1.54) is 0 Å². The third kappa shape index (κ3) is 2.25. The summed E-state index contributed by atoms with van der Waals surface area (Å²) in [6, 6.07) is 1.84. The molecule has 0 saturated carbocycles. The molecular weight excluding hydrogens is 256 g/mol. The summed E-state index contributed by atoms with van der Waals surface area (Å²) >= 11 is 6.27. The number of hydrogen-bond acceptors (Lipinski definition) is 3. The second-order valence-electron chi connectivity index (χ2n) is 4.36. The van der Waals surface area contributed by atoms with E-state index in [1.54, 1.807) is 6.92 Å². The predicted octanol–water partition coefficient (Wildman–Crippen LogP) is 2.89. The number of hydrogen-bond donors (Lipinski definition) is 1. The molecule has 1 heterocycles. The van der Waals surface area contributed by atoms with Gasteiger partial charge in [0.1, 0.15) is 0 Å². The van der Waals surface area contributed by atoms with Crippen LogP contribution in [0.1, 0.15) is 25.0 Å². The number of halogens is 1. The maximum absolute atomic E-state index is 10.9. The van der Waals surface area contributed by atoms with Crippen molar-refractivity contribution >= 4 is 17.6 Å². The normalized spacial score (nSPS) is 14.6. The van der Waals surface area contributed by atoms with Crippen LogP contribution in [0, 0.1) is 5.92 Å². The highest BCUT2D eigenvalue weighted by Crippen LogP contribution is 2.43. The highest BCUT2D eigenvalue weighted by atomic mass is 35.5. The molecule has 4 nitrogen and oxygen atoms in total. The van der Waals surface area contributed by atoms with Crippen molar-refractivity contribution in [1.82, 2.24) is 0 Å². The molecule has 1 N–H and O–H groups in total. The quantitative estimate of drug-likeness (QED) is 0.914. The number of rotatable bonds is 4. The van der Waals surface area contributed by atoms with Crippen LogP contribution in [0.4, 0.5) is 0 Å². The average molecular weight is 271 g/mol. The highest BCUT2D eigenvalue weighted by Gasteiger charge is 2.24. The summed E-state index contributed by atoms with van der Waals surface area (Å²) < 4.78 is 10.6. The van der Waals surface area contributed by atoms with Crippen LogP contribution in [0.15, 0.2) is 6.07 Å². The second kappa shape index (κ2) is 5.06. The van der Waals surface area contributed by atoms with Crippen molar-refractivity contribution < 1.29 is 19.4 Å². The van der Waals surface area contributed by atoms with Gasteiger partial charge in [0.05, 0.1) is 10.9 Å². The molecule has 0 spiro atoms. The maximum atomic E-state index is 10.9. The van der Waals surface area contributed by atoms with Crippen molar-refractivity contribution in [2.75, 3.05) is 6.79 Å². The predicted molar refractivity (Wildman–Crippen MR) is 67.5 cm³/mol. The van der Waals surface area contributed by atoms with Crippen molar-refractivity contribution in [3.05, 3.63) is 22.2 Å². The van der Waals surface area contributed by atoms with E-state index in [4.69, 9.17) is 26.2 Å². The molecule has 0 bridgehead atoms. The van der Waals surface area contributed by atoms with Gasteiger partial charge in [-0.2, -0.15) is 0 Å². The van der Waals surface area contributed by atoms with Gasteiger partial charge >= 0.3 is 5.97 Å². The van der Waals surface area contributed by atoms with Gasteiger partial charge in [0.15, 0.2) is 11.5 Å². The Morgan fingerprint density at radius 2 is 2.28 bits per heavy atom. The highest BCUT2D eigenvalue weighted by molar-refractivity contribution is 6.33. The topological polar surface area (TPSA) is 55.8 Å². The van der Waals surface area contributed by atoms with Crippen molar-refractivity contribution in [2.24, 2.45) is 5.92 Å².